The van der Waals surface area contributed by atoms with E-state index in [9.17, 15) is 4.79 Å². The highest BCUT2D eigenvalue weighted by atomic mass is 16.5. The largest absolute Gasteiger partial charge is 0.494 e. The maximum Gasteiger partial charge on any atom is 0.217 e. The monoisotopic (exact) mass is 346 g/mol. The second-order valence-electron chi connectivity index (χ2n) is 6.38. The van der Waals surface area contributed by atoms with E-state index in [2.05, 4.69) is 17.1 Å². The second kappa shape index (κ2) is 10.6. The average molecular weight is 346 g/mol. The summed E-state index contributed by atoms with van der Waals surface area (Å²) in [6, 6.07) is 9.83. The molecule has 1 aromatic rings. The van der Waals surface area contributed by atoms with E-state index in [4.69, 9.17) is 15.5 Å². The number of piperidine rings is 1. The molecule has 25 heavy (non-hydrogen) atoms. The summed E-state index contributed by atoms with van der Waals surface area (Å²) in [5.41, 5.74) is 5.35. The number of nitrogens with two attached hydrogens (primary N) is 1. The van der Waals surface area contributed by atoms with E-state index in [1.54, 1.807) is 0 Å². The van der Waals surface area contributed by atoms with E-state index in [1.165, 1.54) is 0 Å². The summed E-state index contributed by atoms with van der Waals surface area (Å²) >= 11 is 0. The highest BCUT2D eigenvalue weighted by Gasteiger charge is 2.23. The lowest BCUT2D eigenvalue weighted by molar-refractivity contribution is -0.119. The zero-order valence-corrected chi connectivity index (χ0v) is 15.1. The summed E-state index contributed by atoms with van der Waals surface area (Å²) in [7, 11) is 0. The smallest absolute Gasteiger partial charge is 0.217 e. The fourth-order valence-electron chi connectivity index (χ4n) is 3.09. The Hall–Kier alpha value is -2.24. The predicted octanol–water partition coefficient (Wildman–Crippen LogP) is 2.01. The quantitative estimate of drug-likeness (QED) is 0.429. The van der Waals surface area contributed by atoms with Crippen molar-refractivity contribution in [3.05, 3.63) is 30.3 Å². The third kappa shape index (κ3) is 7.03. The summed E-state index contributed by atoms with van der Waals surface area (Å²) in [6.45, 7) is 6.08. The van der Waals surface area contributed by atoms with Crippen LogP contribution in [-0.4, -0.2) is 49.6 Å². The van der Waals surface area contributed by atoms with Crippen LogP contribution in [0.25, 0.3) is 0 Å². The van der Waals surface area contributed by atoms with Crippen molar-refractivity contribution in [2.45, 2.75) is 32.6 Å². The lowest BCUT2D eigenvalue weighted by Gasteiger charge is -2.34. The van der Waals surface area contributed by atoms with Gasteiger partial charge in [-0.3, -0.25) is 9.79 Å². The standard InChI is InChI=1S/C19H30N4O2/c1-2-21-19(23-12-6-8-16(15-23)14-18(20)24)22-11-7-13-25-17-9-4-3-5-10-17/h3-5,9-10,16H,2,6-8,11-15H2,1H3,(H2,20,24)(H,21,22). The summed E-state index contributed by atoms with van der Waals surface area (Å²) in [5.74, 6) is 1.93. The van der Waals surface area contributed by atoms with Crippen LogP contribution in [0.15, 0.2) is 35.3 Å². The van der Waals surface area contributed by atoms with Crippen molar-refractivity contribution in [3.63, 3.8) is 0 Å². The SMILES string of the molecule is CCNC(=NCCCOc1ccccc1)N1CCCC(CC(N)=O)C1. The highest BCUT2D eigenvalue weighted by Crippen LogP contribution is 2.19. The number of rotatable bonds is 8. The van der Waals surface area contributed by atoms with Gasteiger partial charge < -0.3 is 20.7 Å². The molecule has 1 unspecified atom stereocenters. The minimum atomic E-state index is -0.216. The molecule has 6 heteroatoms. The maximum atomic E-state index is 11.2. The number of nitrogens with one attached hydrogen (secondary N) is 1. The molecule has 138 valence electrons. The van der Waals surface area contributed by atoms with Crippen molar-refractivity contribution in [2.75, 3.05) is 32.8 Å². The van der Waals surface area contributed by atoms with Gasteiger partial charge in [-0.1, -0.05) is 18.2 Å². The fourth-order valence-corrected chi connectivity index (χ4v) is 3.09. The summed E-state index contributed by atoms with van der Waals surface area (Å²) < 4.78 is 5.70. The molecule has 1 saturated heterocycles. The van der Waals surface area contributed by atoms with Crippen LogP contribution in [0.5, 0.6) is 5.75 Å². The first-order valence-electron chi connectivity index (χ1n) is 9.18. The molecule has 0 aliphatic carbocycles. The predicted molar refractivity (Wildman–Crippen MR) is 101 cm³/mol. The van der Waals surface area contributed by atoms with Crippen LogP contribution in [0.3, 0.4) is 0 Å². The number of amides is 1. The molecule has 0 bridgehead atoms. The minimum Gasteiger partial charge on any atom is -0.494 e. The first kappa shape index (κ1) is 19.1. The third-order valence-corrected chi connectivity index (χ3v) is 4.22. The molecule has 0 radical (unpaired) electrons. The molecular weight excluding hydrogens is 316 g/mol. The Labute approximate surface area is 150 Å². The van der Waals surface area contributed by atoms with Crippen LogP contribution in [0, 0.1) is 5.92 Å². The number of hydrogen-bond acceptors (Lipinski definition) is 3. The Kier molecular flexibility index (Phi) is 8.09. The fraction of sp³-hybridized carbons (Fsp3) is 0.579. The zero-order chi connectivity index (χ0) is 17.9. The Morgan fingerprint density at radius 1 is 1.40 bits per heavy atom. The topological polar surface area (TPSA) is 80.0 Å². The van der Waals surface area contributed by atoms with Gasteiger partial charge in [0.2, 0.25) is 5.91 Å². The summed E-state index contributed by atoms with van der Waals surface area (Å²) in [4.78, 5) is 18.1. The van der Waals surface area contributed by atoms with E-state index in [0.717, 1.165) is 50.6 Å². The number of nitrogens with zero attached hydrogens (tertiary/aromatic N) is 2. The van der Waals surface area contributed by atoms with Gasteiger partial charge in [-0.05, 0) is 37.8 Å². The normalized spacial score (nSPS) is 18.0. The van der Waals surface area contributed by atoms with Gasteiger partial charge in [0.05, 0.1) is 6.61 Å². The van der Waals surface area contributed by atoms with Gasteiger partial charge in [-0.25, -0.2) is 0 Å². The number of benzene rings is 1. The van der Waals surface area contributed by atoms with Crippen LogP contribution < -0.4 is 15.8 Å². The van der Waals surface area contributed by atoms with Crippen molar-refractivity contribution in [1.82, 2.24) is 10.2 Å². The Bertz CT molecular complexity index is 548. The lowest BCUT2D eigenvalue weighted by atomic mass is 9.95. The van der Waals surface area contributed by atoms with Gasteiger partial charge in [0.25, 0.3) is 0 Å². The van der Waals surface area contributed by atoms with Crippen molar-refractivity contribution in [1.29, 1.82) is 0 Å². The van der Waals surface area contributed by atoms with Gasteiger partial charge >= 0.3 is 0 Å². The molecular formula is C19H30N4O2. The molecule has 1 fully saturated rings. The Morgan fingerprint density at radius 3 is 2.92 bits per heavy atom. The van der Waals surface area contributed by atoms with Crippen LogP contribution in [0.4, 0.5) is 0 Å². The van der Waals surface area contributed by atoms with Gasteiger partial charge in [-0.15, -0.1) is 0 Å². The number of carbonyl (C=O) groups is 1. The zero-order valence-electron chi connectivity index (χ0n) is 15.1. The van der Waals surface area contributed by atoms with Crippen LogP contribution in [0.2, 0.25) is 0 Å². The van der Waals surface area contributed by atoms with Gasteiger partial charge in [0.1, 0.15) is 5.75 Å². The number of carbonyl (C=O) groups excluding carboxylic acids is 1. The minimum absolute atomic E-state index is 0.216. The molecule has 1 atom stereocenters. The van der Waals surface area contributed by atoms with E-state index < -0.39 is 0 Å². The second-order valence-corrected chi connectivity index (χ2v) is 6.38. The Morgan fingerprint density at radius 2 is 2.20 bits per heavy atom. The molecule has 3 N–H and O–H groups in total. The van der Waals surface area contributed by atoms with Crippen molar-refractivity contribution < 1.29 is 9.53 Å². The van der Waals surface area contributed by atoms with E-state index in [1.807, 2.05) is 30.3 Å². The van der Waals surface area contributed by atoms with E-state index in [-0.39, 0.29) is 5.91 Å². The molecule has 6 nitrogen and oxygen atoms in total. The summed E-state index contributed by atoms with van der Waals surface area (Å²) in [6.07, 6.45) is 3.45. The maximum absolute atomic E-state index is 11.2. The van der Waals surface area contributed by atoms with Crippen LogP contribution in [0.1, 0.15) is 32.6 Å². The number of guanidine groups is 1. The van der Waals surface area contributed by atoms with E-state index in [0.29, 0.717) is 25.5 Å². The van der Waals surface area contributed by atoms with Gasteiger partial charge in [0.15, 0.2) is 5.96 Å². The van der Waals surface area contributed by atoms with Gasteiger partial charge in [0, 0.05) is 39.0 Å². The van der Waals surface area contributed by atoms with Crippen LogP contribution >= 0.6 is 0 Å². The van der Waals surface area contributed by atoms with Crippen LogP contribution in [-0.2, 0) is 4.79 Å². The number of para-hydroxylation sites is 1. The average Bonchev–Trinajstić information content (AvgIpc) is 2.61. The number of aliphatic imine (C=N–C) groups is 1. The first-order valence-corrected chi connectivity index (χ1v) is 9.18. The molecule has 0 spiro atoms. The molecule has 1 amide bonds. The molecule has 0 saturated carbocycles. The molecule has 1 aliphatic heterocycles. The van der Waals surface area contributed by atoms with Crippen molar-refractivity contribution in [2.24, 2.45) is 16.6 Å². The van der Waals surface area contributed by atoms with Crippen molar-refractivity contribution in [3.8, 4) is 5.75 Å². The molecule has 2 rings (SSSR count). The first-order chi connectivity index (χ1) is 12.2. The lowest BCUT2D eigenvalue weighted by Crippen LogP contribution is -2.47. The molecule has 1 aromatic carbocycles. The molecule has 0 aromatic heterocycles. The van der Waals surface area contributed by atoms with Gasteiger partial charge in [-0.2, -0.15) is 0 Å². The van der Waals surface area contributed by atoms with E-state index >= 15 is 0 Å². The third-order valence-electron chi connectivity index (χ3n) is 4.22. The van der Waals surface area contributed by atoms with Crippen molar-refractivity contribution >= 4 is 11.9 Å². The number of hydrogen-bond donors (Lipinski definition) is 2. The molecule has 1 aliphatic rings. The highest BCUT2D eigenvalue weighted by molar-refractivity contribution is 5.80. The summed E-state index contributed by atoms with van der Waals surface area (Å²) in [5, 5.41) is 3.35. The molecule has 1 heterocycles. The number of ether oxygens (including phenoxy) is 1. The number of primary amides is 1. The Balaban J connectivity index is 1.79. The number of likely N-dealkylation sites (tertiary alicyclic amines) is 1.